The van der Waals surface area contributed by atoms with Crippen LogP contribution in [0.15, 0.2) is 60.7 Å². The summed E-state index contributed by atoms with van der Waals surface area (Å²) in [5, 5.41) is 2.00. The largest absolute Gasteiger partial charge is 0.366 e. The lowest BCUT2D eigenvalue weighted by atomic mass is 10.0. The Morgan fingerprint density at radius 3 is 2.50 bits per heavy atom. The fraction of sp³-hybridized carbons (Fsp3) is 0.0385. The van der Waals surface area contributed by atoms with Gasteiger partial charge in [0.15, 0.2) is 17.5 Å². The number of hydrogen-bond acceptors (Lipinski definition) is 1. The quantitative estimate of drug-likeness (QED) is 0.263. The molecule has 5 rings (SSSR count). The van der Waals surface area contributed by atoms with Gasteiger partial charge < -0.3 is 10.3 Å². The van der Waals surface area contributed by atoms with Crippen molar-refractivity contribution in [2.45, 2.75) is 6.54 Å². The molecule has 0 saturated heterocycles. The first kappa shape index (κ1) is 22.3. The van der Waals surface area contributed by atoms with Gasteiger partial charge in [-0.2, -0.15) is 0 Å². The Kier molecular flexibility index (Phi) is 5.50. The van der Waals surface area contributed by atoms with Gasteiger partial charge in [0.05, 0.1) is 17.6 Å². The number of rotatable bonds is 4. The maximum atomic E-state index is 14.6. The first-order valence-electron chi connectivity index (χ1n) is 10.1. The summed E-state index contributed by atoms with van der Waals surface area (Å²) in [4.78, 5) is 12.1. The molecule has 34 heavy (non-hydrogen) atoms. The fourth-order valence-electron chi connectivity index (χ4n) is 4.17. The summed E-state index contributed by atoms with van der Waals surface area (Å²) >= 11 is 12.4. The van der Waals surface area contributed by atoms with E-state index in [2.05, 4.69) is 6.07 Å². The maximum absolute atomic E-state index is 14.6. The molecule has 0 aliphatic carbocycles. The van der Waals surface area contributed by atoms with E-state index in [-0.39, 0.29) is 17.7 Å². The molecule has 0 aliphatic heterocycles. The second-order valence-corrected chi connectivity index (χ2v) is 8.60. The summed E-state index contributed by atoms with van der Waals surface area (Å²) in [6.07, 6.45) is 0. The number of carbonyl (C=O) groups is 1. The molecule has 0 aliphatic rings. The third-order valence-electron chi connectivity index (χ3n) is 5.75. The molecule has 1 heterocycles. The van der Waals surface area contributed by atoms with Crippen molar-refractivity contribution in [1.29, 1.82) is 0 Å². The SMILES string of the molecule is NC(=O)c1cccc2c1c1[c]cc(-c3ccc(Cl)cc3Cl)cc1n2Cc1ccc(F)c(F)c1F. The number of aromatic nitrogens is 1. The number of nitrogens with two attached hydrogens (primary N) is 1. The Bertz CT molecular complexity index is 1630. The summed E-state index contributed by atoms with van der Waals surface area (Å²) in [6.45, 7) is -0.128. The summed E-state index contributed by atoms with van der Waals surface area (Å²) in [7, 11) is 0. The number of carbonyl (C=O) groups excluding carboxylic acids is 1. The average molecular weight is 498 g/mol. The molecule has 1 aromatic heterocycles. The van der Waals surface area contributed by atoms with E-state index in [0.29, 0.717) is 43.0 Å². The lowest BCUT2D eigenvalue weighted by Crippen LogP contribution is -2.11. The summed E-state index contributed by atoms with van der Waals surface area (Å²) in [5.41, 5.74) is 8.34. The van der Waals surface area contributed by atoms with E-state index in [1.165, 1.54) is 6.07 Å². The number of halogens is 5. The minimum atomic E-state index is -1.55. The standard InChI is InChI=1S/C26H14Cl2F3N2O/c27-15-6-8-16(19(28)11-15)13-4-7-17-22(10-13)33(12-14-5-9-20(29)25(31)24(14)30)21-3-1-2-18(23(17)21)26(32)34/h1-6,8-11H,12H2,(H2,32,34). The third kappa shape index (κ3) is 3.59. The zero-order valence-corrected chi connectivity index (χ0v) is 18.8. The Morgan fingerprint density at radius 1 is 0.971 bits per heavy atom. The number of hydrogen-bond donors (Lipinski definition) is 1. The minimum absolute atomic E-state index is 0.0582. The average Bonchev–Trinajstić information content (AvgIpc) is 3.12. The van der Waals surface area contributed by atoms with Crippen molar-refractivity contribution in [2.24, 2.45) is 5.73 Å². The van der Waals surface area contributed by atoms with Gasteiger partial charge in [-0.15, -0.1) is 0 Å². The molecule has 0 unspecified atom stereocenters. The van der Waals surface area contributed by atoms with Crippen LogP contribution in [0.25, 0.3) is 32.9 Å². The van der Waals surface area contributed by atoms with Crippen LogP contribution in [-0.2, 0) is 6.54 Å². The Balaban J connectivity index is 1.81. The topological polar surface area (TPSA) is 48.0 Å². The number of nitrogens with zero attached hydrogens (tertiary/aromatic N) is 1. The van der Waals surface area contributed by atoms with Crippen LogP contribution < -0.4 is 5.73 Å². The molecule has 8 heteroatoms. The van der Waals surface area contributed by atoms with Crippen molar-refractivity contribution in [3.05, 3.63) is 105 Å². The zero-order chi connectivity index (χ0) is 24.1. The number of primary amides is 1. The first-order valence-corrected chi connectivity index (χ1v) is 10.9. The van der Waals surface area contributed by atoms with E-state index >= 15 is 0 Å². The lowest BCUT2D eigenvalue weighted by molar-refractivity contribution is 0.100. The zero-order valence-electron chi connectivity index (χ0n) is 17.3. The minimum Gasteiger partial charge on any atom is -0.366 e. The molecule has 0 saturated carbocycles. The van der Waals surface area contributed by atoms with E-state index in [1.807, 2.05) is 6.07 Å². The molecule has 5 aromatic rings. The van der Waals surface area contributed by atoms with Gasteiger partial charge in [-0.25, -0.2) is 13.2 Å². The molecule has 0 fully saturated rings. The summed E-state index contributed by atoms with van der Waals surface area (Å²) in [6, 6.07) is 18.8. The summed E-state index contributed by atoms with van der Waals surface area (Å²) in [5.74, 6) is -4.73. The molecule has 4 aromatic carbocycles. The fourth-order valence-corrected chi connectivity index (χ4v) is 4.69. The van der Waals surface area contributed by atoms with Crippen LogP contribution in [0.1, 0.15) is 15.9 Å². The van der Waals surface area contributed by atoms with Crippen LogP contribution in [0.4, 0.5) is 13.2 Å². The van der Waals surface area contributed by atoms with Gasteiger partial charge in [-0.1, -0.05) is 41.4 Å². The van der Waals surface area contributed by atoms with Crippen LogP contribution in [-0.4, -0.2) is 10.5 Å². The second kappa shape index (κ2) is 8.38. The van der Waals surface area contributed by atoms with E-state index in [4.69, 9.17) is 28.9 Å². The molecule has 169 valence electrons. The monoisotopic (exact) mass is 497 g/mol. The molecule has 0 atom stereocenters. The highest BCUT2D eigenvalue weighted by atomic mass is 35.5. The molecule has 0 bridgehead atoms. The summed E-state index contributed by atoms with van der Waals surface area (Å²) < 4.78 is 43.7. The predicted octanol–water partition coefficient (Wildman–Crippen LogP) is 7.13. The molecular formula is C26H14Cl2F3N2O. The third-order valence-corrected chi connectivity index (χ3v) is 6.29. The predicted molar refractivity (Wildman–Crippen MR) is 128 cm³/mol. The first-order chi connectivity index (χ1) is 16.3. The van der Waals surface area contributed by atoms with Gasteiger partial charge in [0.1, 0.15) is 0 Å². The lowest BCUT2D eigenvalue weighted by Gasteiger charge is -2.11. The van der Waals surface area contributed by atoms with Crippen LogP contribution >= 0.6 is 23.2 Å². The molecule has 3 nitrogen and oxygen atoms in total. The van der Waals surface area contributed by atoms with Crippen molar-refractivity contribution < 1.29 is 18.0 Å². The second-order valence-electron chi connectivity index (χ2n) is 7.76. The van der Waals surface area contributed by atoms with Gasteiger partial charge in [-0.3, -0.25) is 4.79 Å². The molecule has 0 spiro atoms. The van der Waals surface area contributed by atoms with E-state index in [1.54, 1.807) is 47.0 Å². The van der Waals surface area contributed by atoms with E-state index < -0.39 is 23.4 Å². The molecule has 1 radical (unpaired) electrons. The Labute approximate surface area is 202 Å². The Morgan fingerprint density at radius 2 is 1.76 bits per heavy atom. The Hall–Kier alpha value is -3.48. The highest BCUT2D eigenvalue weighted by Crippen LogP contribution is 2.37. The van der Waals surface area contributed by atoms with Crippen LogP contribution in [0.2, 0.25) is 10.0 Å². The van der Waals surface area contributed by atoms with Gasteiger partial charge in [-0.05, 0) is 54.1 Å². The highest BCUT2D eigenvalue weighted by molar-refractivity contribution is 6.36. The van der Waals surface area contributed by atoms with Gasteiger partial charge in [0.25, 0.3) is 0 Å². The van der Waals surface area contributed by atoms with Crippen molar-refractivity contribution in [2.75, 3.05) is 0 Å². The van der Waals surface area contributed by atoms with Crippen LogP contribution in [0.5, 0.6) is 0 Å². The molecular weight excluding hydrogens is 484 g/mol. The van der Waals surface area contributed by atoms with Crippen molar-refractivity contribution >= 4 is 50.9 Å². The van der Waals surface area contributed by atoms with Gasteiger partial charge in [0, 0.05) is 37.5 Å². The normalized spacial score (nSPS) is 11.4. The van der Waals surface area contributed by atoms with Crippen molar-refractivity contribution in [1.82, 2.24) is 4.57 Å². The number of fused-ring (bicyclic) bond motifs is 3. The maximum Gasteiger partial charge on any atom is 0.249 e. The number of amides is 1. The van der Waals surface area contributed by atoms with Crippen LogP contribution in [0, 0.1) is 23.5 Å². The van der Waals surface area contributed by atoms with Crippen LogP contribution in [0.3, 0.4) is 0 Å². The van der Waals surface area contributed by atoms with Crippen molar-refractivity contribution in [3.63, 3.8) is 0 Å². The molecule has 1 amide bonds. The van der Waals surface area contributed by atoms with Crippen molar-refractivity contribution in [3.8, 4) is 11.1 Å². The van der Waals surface area contributed by atoms with E-state index in [0.717, 1.165) is 6.07 Å². The van der Waals surface area contributed by atoms with Gasteiger partial charge >= 0.3 is 0 Å². The highest BCUT2D eigenvalue weighted by Gasteiger charge is 2.20. The number of benzene rings is 4. The van der Waals surface area contributed by atoms with E-state index in [9.17, 15) is 18.0 Å². The van der Waals surface area contributed by atoms with Gasteiger partial charge in [0.2, 0.25) is 5.91 Å². The molecule has 2 N–H and O–H groups in total. The smallest absolute Gasteiger partial charge is 0.249 e.